The Bertz CT molecular complexity index is 342. The van der Waals surface area contributed by atoms with E-state index in [-0.39, 0.29) is 12.5 Å². The Balaban J connectivity index is 2.32. The van der Waals surface area contributed by atoms with Gasteiger partial charge in [-0.3, -0.25) is 9.79 Å². The zero-order chi connectivity index (χ0) is 11.1. The summed E-state index contributed by atoms with van der Waals surface area (Å²) in [6.07, 6.45) is 0. The predicted molar refractivity (Wildman–Crippen MR) is 60.5 cm³/mol. The van der Waals surface area contributed by atoms with Crippen molar-refractivity contribution in [3.05, 3.63) is 35.9 Å². The van der Waals surface area contributed by atoms with Crippen molar-refractivity contribution < 1.29 is 4.79 Å². The van der Waals surface area contributed by atoms with Gasteiger partial charge in [-0.25, -0.2) is 0 Å². The van der Waals surface area contributed by atoms with Crippen LogP contribution in [0.4, 0.5) is 0 Å². The molecule has 0 atom stereocenters. The number of aliphatic imine (C=N–C) groups is 1. The van der Waals surface area contributed by atoms with Gasteiger partial charge in [-0.2, -0.15) is 0 Å². The molecule has 0 saturated heterocycles. The minimum absolute atomic E-state index is 0.0924. The number of nitrogens with two attached hydrogens (primary N) is 1. The molecule has 0 heterocycles. The number of nitrogens with one attached hydrogen (secondary N) is 1. The average Bonchev–Trinajstić information content (AvgIpc) is 2.25. The van der Waals surface area contributed by atoms with Crippen LogP contribution in [-0.4, -0.2) is 18.3 Å². The summed E-state index contributed by atoms with van der Waals surface area (Å²) in [6, 6.07) is 9.72. The highest BCUT2D eigenvalue weighted by Gasteiger charge is 1.98. The molecule has 15 heavy (non-hydrogen) atoms. The van der Waals surface area contributed by atoms with E-state index in [4.69, 9.17) is 5.73 Å². The fraction of sp³-hybridized carbons (Fsp3) is 0.273. The summed E-state index contributed by atoms with van der Waals surface area (Å²) in [6.45, 7) is 2.28. The molecule has 0 spiro atoms. The van der Waals surface area contributed by atoms with E-state index in [0.29, 0.717) is 12.4 Å². The molecule has 0 bridgehead atoms. The van der Waals surface area contributed by atoms with Gasteiger partial charge in [0.25, 0.3) is 0 Å². The molecule has 4 nitrogen and oxygen atoms in total. The Morgan fingerprint density at radius 1 is 1.40 bits per heavy atom. The highest BCUT2D eigenvalue weighted by molar-refractivity contribution is 5.83. The second-order valence-electron chi connectivity index (χ2n) is 3.22. The van der Waals surface area contributed by atoms with Crippen LogP contribution in [0.25, 0.3) is 0 Å². The van der Waals surface area contributed by atoms with Crippen LogP contribution in [0, 0.1) is 0 Å². The van der Waals surface area contributed by atoms with E-state index in [9.17, 15) is 4.79 Å². The fourth-order valence-electron chi connectivity index (χ4n) is 1.05. The molecule has 0 aromatic heterocycles. The smallest absolute Gasteiger partial charge is 0.241 e. The maximum absolute atomic E-state index is 11.2. The number of benzene rings is 1. The van der Waals surface area contributed by atoms with Gasteiger partial charge in [0.05, 0.1) is 5.84 Å². The van der Waals surface area contributed by atoms with Crippen molar-refractivity contribution in [3.8, 4) is 0 Å². The highest BCUT2D eigenvalue weighted by Crippen LogP contribution is 1.96. The lowest BCUT2D eigenvalue weighted by Crippen LogP contribution is -2.26. The Labute approximate surface area is 89.2 Å². The predicted octanol–water partition coefficient (Wildman–Crippen LogP) is 0.680. The fourth-order valence-corrected chi connectivity index (χ4v) is 1.05. The molecule has 1 rings (SSSR count). The van der Waals surface area contributed by atoms with Crippen LogP contribution < -0.4 is 11.1 Å². The van der Waals surface area contributed by atoms with E-state index in [1.165, 1.54) is 0 Å². The lowest BCUT2D eigenvalue weighted by Gasteiger charge is -2.03. The third kappa shape index (κ3) is 4.81. The van der Waals surface area contributed by atoms with Gasteiger partial charge in [0.1, 0.15) is 6.54 Å². The number of amides is 1. The Morgan fingerprint density at radius 2 is 2.07 bits per heavy atom. The molecule has 0 saturated carbocycles. The Kier molecular flexibility index (Phi) is 4.34. The number of nitrogens with zero attached hydrogens (tertiary/aromatic N) is 1. The minimum Gasteiger partial charge on any atom is -0.388 e. The third-order valence-corrected chi connectivity index (χ3v) is 1.80. The van der Waals surface area contributed by atoms with Crippen LogP contribution in [0.3, 0.4) is 0 Å². The molecule has 0 aliphatic carbocycles. The quantitative estimate of drug-likeness (QED) is 0.560. The van der Waals surface area contributed by atoms with Crippen molar-refractivity contribution in [1.29, 1.82) is 0 Å². The van der Waals surface area contributed by atoms with E-state index < -0.39 is 0 Å². The van der Waals surface area contributed by atoms with Gasteiger partial charge in [-0.1, -0.05) is 30.3 Å². The molecule has 0 aliphatic heterocycles. The number of rotatable bonds is 4. The van der Waals surface area contributed by atoms with Gasteiger partial charge in [-0.15, -0.1) is 0 Å². The van der Waals surface area contributed by atoms with E-state index in [1.807, 2.05) is 30.3 Å². The van der Waals surface area contributed by atoms with E-state index in [2.05, 4.69) is 10.3 Å². The topological polar surface area (TPSA) is 67.5 Å². The maximum atomic E-state index is 11.2. The SMILES string of the molecule is CC(N)=NCC(=O)NCc1ccccc1. The molecule has 4 heteroatoms. The van der Waals surface area contributed by atoms with Crippen LogP contribution in [0.5, 0.6) is 0 Å². The molecule has 0 fully saturated rings. The summed E-state index contributed by atoms with van der Waals surface area (Å²) in [7, 11) is 0. The molecule has 1 aromatic carbocycles. The van der Waals surface area contributed by atoms with Gasteiger partial charge in [0.15, 0.2) is 0 Å². The molecule has 1 amide bonds. The van der Waals surface area contributed by atoms with Gasteiger partial charge in [-0.05, 0) is 12.5 Å². The van der Waals surface area contributed by atoms with E-state index >= 15 is 0 Å². The Morgan fingerprint density at radius 3 is 2.67 bits per heavy atom. The van der Waals surface area contributed by atoms with E-state index in [1.54, 1.807) is 6.92 Å². The molecular weight excluding hydrogens is 190 g/mol. The second-order valence-corrected chi connectivity index (χ2v) is 3.22. The summed E-state index contributed by atoms with van der Waals surface area (Å²) >= 11 is 0. The highest BCUT2D eigenvalue weighted by atomic mass is 16.1. The zero-order valence-corrected chi connectivity index (χ0v) is 8.73. The summed E-state index contributed by atoms with van der Waals surface area (Å²) in [5.74, 6) is 0.300. The summed E-state index contributed by atoms with van der Waals surface area (Å²) in [4.78, 5) is 15.1. The maximum Gasteiger partial charge on any atom is 0.241 e. The minimum atomic E-state index is -0.122. The molecule has 0 radical (unpaired) electrons. The van der Waals surface area contributed by atoms with Gasteiger partial charge in [0, 0.05) is 6.54 Å². The molecular formula is C11H15N3O. The first-order valence-electron chi connectivity index (χ1n) is 4.75. The molecule has 0 unspecified atom stereocenters. The summed E-state index contributed by atoms with van der Waals surface area (Å²) in [5, 5.41) is 2.75. The third-order valence-electron chi connectivity index (χ3n) is 1.80. The normalized spacial score (nSPS) is 11.1. The first kappa shape index (κ1) is 11.2. The van der Waals surface area contributed by atoms with Crippen molar-refractivity contribution in [1.82, 2.24) is 5.32 Å². The number of hydrogen-bond acceptors (Lipinski definition) is 2. The lowest BCUT2D eigenvalue weighted by molar-refractivity contribution is -0.119. The van der Waals surface area contributed by atoms with Crippen molar-refractivity contribution in [2.75, 3.05) is 6.54 Å². The van der Waals surface area contributed by atoms with Crippen molar-refractivity contribution in [2.24, 2.45) is 10.7 Å². The summed E-state index contributed by atoms with van der Waals surface area (Å²) in [5.41, 5.74) is 6.39. The Hall–Kier alpha value is -1.84. The van der Waals surface area contributed by atoms with Crippen LogP contribution in [-0.2, 0) is 11.3 Å². The molecule has 1 aromatic rings. The van der Waals surface area contributed by atoms with Gasteiger partial charge < -0.3 is 11.1 Å². The van der Waals surface area contributed by atoms with Crippen LogP contribution in [0.2, 0.25) is 0 Å². The molecule has 0 aliphatic rings. The van der Waals surface area contributed by atoms with Crippen LogP contribution in [0.15, 0.2) is 35.3 Å². The first-order valence-corrected chi connectivity index (χ1v) is 4.75. The van der Waals surface area contributed by atoms with Crippen molar-refractivity contribution >= 4 is 11.7 Å². The number of carbonyl (C=O) groups excluding carboxylic acids is 1. The van der Waals surface area contributed by atoms with Crippen molar-refractivity contribution in [3.63, 3.8) is 0 Å². The van der Waals surface area contributed by atoms with E-state index in [0.717, 1.165) is 5.56 Å². The second kappa shape index (κ2) is 5.80. The first-order chi connectivity index (χ1) is 7.18. The molecule has 3 N–H and O–H groups in total. The van der Waals surface area contributed by atoms with Crippen LogP contribution in [0.1, 0.15) is 12.5 Å². The number of amidine groups is 1. The number of hydrogen-bond donors (Lipinski definition) is 2. The van der Waals surface area contributed by atoms with Gasteiger partial charge >= 0.3 is 0 Å². The standard InChI is InChI=1S/C11H15N3O/c1-9(12)13-8-11(15)14-7-10-5-3-2-4-6-10/h2-6H,7-8H2,1H3,(H2,12,13)(H,14,15). The zero-order valence-electron chi connectivity index (χ0n) is 8.73. The van der Waals surface area contributed by atoms with Gasteiger partial charge in [0.2, 0.25) is 5.91 Å². The van der Waals surface area contributed by atoms with Crippen LogP contribution >= 0.6 is 0 Å². The largest absolute Gasteiger partial charge is 0.388 e. The van der Waals surface area contributed by atoms with Crippen molar-refractivity contribution in [2.45, 2.75) is 13.5 Å². The molecule has 80 valence electrons. The number of carbonyl (C=O) groups is 1. The monoisotopic (exact) mass is 205 g/mol. The average molecular weight is 205 g/mol. The lowest BCUT2D eigenvalue weighted by atomic mass is 10.2. The summed E-state index contributed by atoms with van der Waals surface area (Å²) < 4.78 is 0.